The molecule has 1 aromatic rings. The van der Waals surface area contributed by atoms with E-state index in [1.807, 2.05) is 40.8 Å². The molecule has 0 atom stereocenters. The van der Waals surface area contributed by atoms with Crippen molar-refractivity contribution in [2.24, 2.45) is 0 Å². The number of nitrogens with one attached hydrogen (secondary N) is 1. The maximum atomic E-state index is 11.0. The van der Waals surface area contributed by atoms with Crippen LogP contribution >= 0.6 is 11.3 Å². The predicted molar refractivity (Wildman–Crippen MR) is 89.3 cm³/mol. The summed E-state index contributed by atoms with van der Waals surface area (Å²) in [5, 5.41) is 12.1. The molecule has 0 spiro atoms. The van der Waals surface area contributed by atoms with Gasteiger partial charge in [0.1, 0.15) is 4.88 Å². The Labute approximate surface area is 135 Å². The minimum absolute atomic E-state index is 0.323. The molecule has 0 radical (unpaired) electrons. The first-order valence-corrected chi connectivity index (χ1v) is 8.02. The van der Waals surface area contributed by atoms with Crippen molar-refractivity contribution >= 4 is 30.5 Å². The van der Waals surface area contributed by atoms with E-state index in [1.54, 1.807) is 12.1 Å². The van der Waals surface area contributed by atoms with Crippen LogP contribution in [-0.4, -0.2) is 43.0 Å². The first-order valence-electron chi connectivity index (χ1n) is 7.20. The van der Waals surface area contributed by atoms with E-state index >= 15 is 0 Å². The highest BCUT2D eigenvalue weighted by Crippen LogP contribution is 2.38. The summed E-state index contributed by atoms with van der Waals surface area (Å²) in [5.74, 6) is -0.907. The standard InChI is InChI=1S/C15H22BNO4S/c1-14(2)15(3,4)21-16(20-14)10(9-17-5)8-11-6-7-12(22-11)13(18)19/h6-8,17H,9H2,1-5H3,(H,18,19). The van der Waals surface area contributed by atoms with Crippen LogP contribution in [0.4, 0.5) is 0 Å². The summed E-state index contributed by atoms with van der Waals surface area (Å²) in [6, 6.07) is 3.41. The van der Waals surface area contributed by atoms with Crippen LogP contribution in [0.5, 0.6) is 0 Å². The number of rotatable bonds is 5. The number of hydrogen-bond donors (Lipinski definition) is 2. The summed E-state index contributed by atoms with van der Waals surface area (Å²) in [6.07, 6.45) is 1.94. The lowest BCUT2D eigenvalue weighted by Crippen LogP contribution is -2.41. The second kappa shape index (κ2) is 6.16. The van der Waals surface area contributed by atoms with Crippen molar-refractivity contribution in [1.29, 1.82) is 0 Å². The molecule has 0 bridgehead atoms. The van der Waals surface area contributed by atoms with Gasteiger partial charge in [0.15, 0.2) is 0 Å². The molecule has 0 saturated carbocycles. The van der Waals surface area contributed by atoms with Crippen molar-refractivity contribution < 1.29 is 19.2 Å². The Kier molecular flexibility index (Phi) is 4.82. The summed E-state index contributed by atoms with van der Waals surface area (Å²) in [6.45, 7) is 8.65. The number of thiophene rings is 1. The van der Waals surface area contributed by atoms with E-state index in [2.05, 4.69) is 5.32 Å². The summed E-state index contributed by atoms with van der Waals surface area (Å²) in [7, 11) is 1.42. The SMILES string of the molecule is CNCC(=Cc1ccc(C(=O)O)s1)B1OC(C)(C)C(C)(C)O1. The molecule has 0 aliphatic carbocycles. The van der Waals surface area contributed by atoms with E-state index < -0.39 is 24.3 Å². The van der Waals surface area contributed by atoms with Crippen molar-refractivity contribution in [3.05, 3.63) is 27.4 Å². The van der Waals surface area contributed by atoms with E-state index in [9.17, 15) is 4.79 Å². The second-order valence-electron chi connectivity index (χ2n) is 6.35. The molecule has 1 aliphatic heterocycles. The number of likely N-dealkylation sites (N-methyl/N-ethyl adjacent to an activating group) is 1. The van der Waals surface area contributed by atoms with Gasteiger partial charge >= 0.3 is 13.1 Å². The molecule has 0 aromatic carbocycles. The number of hydrogen-bond acceptors (Lipinski definition) is 5. The zero-order valence-electron chi connectivity index (χ0n) is 13.6. The van der Waals surface area contributed by atoms with Crippen LogP contribution in [0.3, 0.4) is 0 Å². The Morgan fingerprint density at radius 1 is 1.32 bits per heavy atom. The van der Waals surface area contributed by atoms with Crippen LogP contribution in [0.25, 0.3) is 6.08 Å². The van der Waals surface area contributed by atoms with Crippen LogP contribution in [0.15, 0.2) is 17.6 Å². The second-order valence-corrected chi connectivity index (χ2v) is 7.46. The molecule has 1 aromatic heterocycles. The third-order valence-electron chi connectivity index (χ3n) is 4.10. The third-order valence-corrected chi connectivity index (χ3v) is 5.12. The lowest BCUT2D eigenvalue weighted by atomic mass is 9.77. The minimum Gasteiger partial charge on any atom is -0.477 e. The molecule has 120 valence electrons. The predicted octanol–water partition coefficient (Wildman–Crippen LogP) is 2.68. The molecule has 0 amide bonds. The van der Waals surface area contributed by atoms with Crippen molar-refractivity contribution in [3.8, 4) is 0 Å². The van der Waals surface area contributed by atoms with Gasteiger partial charge in [0.25, 0.3) is 0 Å². The first-order chi connectivity index (χ1) is 10.2. The molecule has 2 heterocycles. The molecule has 22 heavy (non-hydrogen) atoms. The summed E-state index contributed by atoms with van der Waals surface area (Å²) in [4.78, 5) is 12.2. The van der Waals surface area contributed by atoms with Crippen molar-refractivity contribution in [1.82, 2.24) is 5.32 Å². The zero-order chi connectivity index (χ0) is 16.5. The van der Waals surface area contributed by atoms with Gasteiger partial charge in [-0.15, -0.1) is 11.3 Å². The minimum atomic E-state index is -0.907. The highest BCUT2D eigenvalue weighted by atomic mass is 32.1. The molecule has 5 nitrogen and oxygen atoms in total. The number of aromatic carboxylic acids is 1. The fourth-order valence-electron chi connectivity index (χ4n) is 2.13. The maximum absolute atomic E-state index is 11.0. The van der Waals surface area contributed by atoms with Gasteiger partial charge in [-0.25, -0.2) is 4.79 Å². The lowest BCUT2D eigenvalue weighted by Gasteiger charge is -2.32. The summed E-state index contributed by atoms with van der Waals surface area (Å²) in [5.41, 5.74) is 0.151. The Morgan fingerprint density at radius 2 is 1.91 bits per heavy atom. The monoisotopic (exact) mass is 323 g/mol. The smallest absolute Gasteiger partial charge is 0.477 e. The largest absolute Gasteiger partial charge is 0.491 e. The number of carboxylic acids is 1. The molecular formula is C15H22BNO4S. The van der Waals surface area contributed by atoms with E-state index in [-0.39, 0.29) is 0 Å². The quantitative estimate of drug-likeness (QED) is 0.816. The van der Waals surface area contributed by atoms with E-state index in [4.69, 9.17) is 14.4 Å². The Morgan fingerprint density at radius 3 is 2.36 bits per heavy atom. The van der Waals surface area contributed by atoms with Crippen molar-refractivity contribution in [2.75, 3.05) is 13.6 Å². The summed E-state index contributed by atoms with van der Waals surface area (Å²) < 4.78 is 12.1. The number of carbonyl (C=O) groups is 1. The van der Waals surface area contributed by atoms with Gasteiger partial charge in [0, 0.05) is 11.4 Å². The van der Waals surface area contributed by atoms with Gasteiger partial charge in [-0.05, 0) is 58.4 Å². The highest BCUT2D eigenvalue weighted by Gasteiger charge is 2.52. The molecule has 2 N–H and O–H groups in total. The van der Waals surface area contributed by atoms with Crippen molar-refractivity contribution in [3.63, 3.8) is 0 Å². The van der Waals surface area contributed by atoms with Gasteiger partial charge in [0.2, 0.25) is 0 Å². The third kappa shape index (κ3) is 3.43. The van der Waals surface area contributed by atoms with Crippen molar-refractivity contribution in [2.45, 2.75) is 38.9 Å². The van der Waals surface area contributed by atoms with Gasteiger partial charge < -0.3 is 19.7 Å². The fourth-order valence-corrected chi connectivity index (χ4v) is 2.95. The van der Waals surface area contributed by atoms with E-state index in [1.165, 1.54) is 11.3 Å². The van der Waals surface area contributed by atoms with Gasteiger partial charge in [-0.1, -0.05) is 0 Å². The van der Waals surface area contributed by atoms with E-state index in [0.29, 0.717) is 11.4 Å². The topological polar surface area (TPSA) is 67.8 Å². The first kappa shape index (κ1) is 17.2. The van der Waals surface area contributed by atoms with Crippen LogP contribution in [0.2, 0.25) is 0 Å². The Balaban J connectivity index is 2.26. The van der Waals surface area contributed by atoms with Gasteiger partial charge in [-0.2, -0.15) is 0 Å². The van der Waals surface area contributed by atoms with Crippen LogP contribution in [-0.2, 0) is 9.31 Å². The molecule has 1 fully saturated rings. The van der Waals surface area contributed by atoms with Crippen LogP contribution in [0.1, 0.15) is 42.2 Å². The van der Waals surface area contributed by atoms with Crippen LogP contribution < -0.4 is 5.32 Å². The Hall–Kier alpha value is -1.15. The maximum Gasteiger partial charge on any atom is 0.491 e. The molecule has 0 unspecified atom stereocenters. The molecule has 1 aliphatic rings. The van der Waals surface area contributed by atoms with E-state index in [0.717, 1.165) is 10.3 Å². The van der Waals surface area contributed by atoms with Gasteiger partial charge in [-0.3, -0.25) is 0 Å². The zero-order valence-corrected chi connectivity index (χ0v) is 14.4. The van der Waals surface area contributed by atoms with Gasteiger partial charge in [0.05, 0.1) is 11.2 Å². The molecule has 2 rings (SSSR count). The normalized spacial score (nSPS) is 20.4. The molecule has 7 heteroatoms. The molecular weight excluding hydrogens is 301 g/mol. The average molecular weight is 323 g/mol. The van der Waals surface area contributed by atoms with Crippen LogP contribution in [0, 0.1) is 0 Å². The average Bonchev–Trinajstić information content (AvgIpc) is 2.92. The lowest BCUT2D eigenvalue weighted by molar-refractivity contribution is 0.00578. The fraction of sp³-hybridized carbons (Fsp3) is 0.533. The number of carboxylic acid groups (broad SMARTS) is 1. The highest BCUT2D eigenvalue weighted by molar-refractivity contribution is 7.14. The molecule has 1 saturated heterocycles. The Bertz CT molecular complexity index is 578. The summed E-state index contributed by atoms with van der Waals surface area (Å²) >= 11 is 1.24.